The molecule has 98 valence electrons. The van der Waals surface area contributed by atoms with E-state index in [1.807, 2.05) is 4.90 Å². The summed E-state index contributed by atoms with van der Waals surface area (Å²) in [6.45, 7) is 1.14. The number of hydrogen-bond acceptors (Lipinski definition) is 3. The average Bonchev–Trinajstić information content (AvgIpc) is 3.08. The second-order valence-corrected chi connectivity index (χ2v) is 6.91. The molecule has 0 bridgehead atoms. The van der Waals surface area contributed by atoms with E-state index in [1.54, 1.807) is 0 Å². The molecule has 1 saturated heterocycles. The first kappa shape index (κ1) is 12.8. The number of likely N-dealkylation sites (tertiary alicyclic amines) is 1. The monoisotopic (exact) mass is 260 g/mol. The summed E-state index contributed by atoms with van der Waals surface area (Å²) in [5.74, 6) is 0.443. The Morgan fingerprint density at radius 2 is 2.00 bits per heavy atom. The maximum Gasteiger partial charge on any atom is 0.225 e. The van der Waals surface area contributed by atoms with Gasteiger partial charge in [0.15, 0.2) is 0 Å². The van der Waals surface area contributed by atoms with E-state index in [0.29, 0.717) is 6.54 Å². The molecular weight excluding hydrogens is 240 g/mol. The Bertz CT molecular complexity index is 390. The van der Waals surface area contributed by atoms with Crippen LogP contribution in [0.25, 0.3) is 0 Å². The molecule has 2 fully saturated rings. The van der Waals surface area contributed by atoms with Crippen LogP contribution in [-0.2, 0) is 14.8 Å². The molecular formula is C11H20N2O3S. The Morgan fingerprint density at radius 1 is 1.29 bits per heavy atom. The molecule has 17 heavy (non-hydrogen) atoms. The summed E-state index contributed by atoms with van der Waals surface area (Å²) in [6, 6.07) is 0.0478. The van der Waals surface area contributed by atoms with E-state index in [2.05, 4.69) is 4.72 Å². The lowest BCUT2D eigenvalue weighted by Gasteiger charge is -2.36. The van der Waals surface area contributed by atoms with Gasteiger partial charge >= 0.3 is 0 Å². The highest BCUT2D eigenvalue weighted by molar-refractivity contribution is 7.88. The lowest BCUT2D eigenvalue weighted by Crippen LogP contribution is -2.49. The van der Waals surface area contributed by atoms with Crippen molar-refractivity contribution in [1.29, 1.82) is 0 Å². The molecule has 5 nitrogen and oxygen atoms in total. The smallest absolute Gasteiger partial charge is 0.225 e. The van der Waals surface area contributed by atoms with Gasteiger partial charge in [-0.2, -0.15) is 0 Å². The van der Waals surface area contributed by atoms with Crippen LogP contribution in [0.15, 0.2) is 0 Å². The highest BCUT2D eigenvalue weighted by Crippen LogP contribution is 2.33. The predicted molar refractivity (Wildman–Crippen MR) is 64.9 cm³/mol. The summed E-state index contributed by atoms with van der Waals surface area (Å²) in [6.07, 6.45) is 6.17. The van der Waals surface area contributed by atoms with E-state index < -0.39 is 10.0 Å². The quantitative estimate of drug-likeness (QED) is 0.792. The fourth-order valence-corrected chi connectivity index (χ4v) is 2.81. The Hall–Kier alpha value is -0.620. The maximum atomic E-state index is 12.0. The third kappa shape index (κ3) is 3.67. The first-order chi connectivity index (χ1) is 7.97. The van der Waals surface area contributed by atoms with Gasteiger partial charge in [-0.15, -0.1) is 0 Å². The molecule has 2 rings (SSSR count). The van der Waals surface area contributed by atoms with Crippen molar-refractivity contribution in [2.75, 3.05) is 19.3 Å². The van der Waals surface area contributed by atoms with Crippen LogP contribution in [0.4, 0.5) is 0 Å². The van der Waals surface area contributed by atoms with Gasteiger partial charge < -0.3 is 4.90 Å². The van der Waals surface area contributed by atoms with Crippen molar-refractivity contribution in [1.82, 2.24) is 9.62 Å². The van der Waals surface area contributed by atoms with E-state index >= 15 is 0 Å². The van der Waals surface area contributed by atoms with Gasteiger partial charge in [-0.3, -0.25) is 4.79 Å². The zero-order valence-electron chi connectivity index (χ0n) is 10.2. The molecule has 1 N–H and O–H groups in total. The summed E-state index contributed by atoms with van der Waals surface area (Å²) in [5, 5.41) is 0. The van der Waals surface area contributed by atoms with E-state index in [-0.39, 0.29) is 17.9 Å². The molecule has 0 unspecified atom stereocenters. The van der Waals surface area contributed by atoms with Gasteiger partial charge in [-0.05, 0) is 32.1 Å². The Balaban J connectivity index is 1.94. The summed E-state index contributed by atoms with van der Waals surface area (Å²) < 4.78 is 24.7. The highest BCUT2D eigenvalue weighted by atomic mass is 32.2. The molecule has 0 radical (unpaired) electrons. The standard InChI is InChI=1S/C11H20N2O3S/c1-17(15,16)12-8-10-4-2-3-7-13(10)11(14)9-5-6-9/h9-10,12H,2-8H2,1H3/t10-/m1/s1. The molecule has 1 atom stereocenters. The molecule has 1 heterocycles. The van der Waals surface area contributed by atoms with Gasteiger partial charge in [0.2, 0.25) is 15.9 Å². The van der Waals surface area contributed by atoms with Crippen LogP contribution in [0.2, 0.25) is 0 Å². The van der Waals surface area contributed by atoms with Crippen LogP contribution in [0.1, 0.15) is 32.1 Å². The highest BCUT2D eigenvalue weighted by Gasteiger charge is 2.37. The lowest BCUT2D eigenvalue weighted by molar-refractivity contribution is -0.136. The molecule has 6 heteroatoms. The predicted octanol–water partition coefficient (Wildman–Crippen LogP) is 0.327. The molecule has 0 aromatic rings. The van der Waals surface area contributed by atoms with Gasteiger partial charge in [-0.25, -0.2) is 13.1 Å². The second-order valence-electron chi connectivity index (χ2n) is 5.08. The normalized spacial score (nSPS) is 25.9. The largest absolute Gasteiger partial charge is 0.338 e. The van der Waals surface area contributed by atoms with E-state index in [1.165, 1.54) is 0 Å². The van der Waals surface area contributed by atoms with Crippen molar-refractivity contribution in [3.63, 3.8) is 0 Å². The zero-order chi connectivity index (χ0) is 12.5. The Kier molecular flexibility index (Phi) is 3.73. The molecule has 0 aromatic carbocycles. The van der Waals surface area contributed by atoms with Crippen LogP contribution in [0.5, 0.6) is 0 Å². The van der Waals surface area contributed by atoms with Crippen molar-refractivity contribution in [3.8, 4) is 0 Å². The van der Waals surface area contributed by atoms with E-state index in [9.17, 15) is 13.2 Å². The average molecular weight is 260 g/mol. The molecule has 1 amide bonds. The van der Waals surface area contributed by atoms with Crippen LogP contribution in [0, 0.1) is 5.92 Å². The second kappa shape index (κ2) is 4.94. The number of carbonyl (C=O) groups excluding carboxylic acids is 1. The number of carbonyl (C=O) groups is 1. The Labute approximate surface area is 103 Å². The van der Waals surface area contributed by atoms with Gasteiger partial charge in [0, 0.05) is 25.0 Å². The number of piperidine rings is 1. The molecule has 0 aromatic heterocycles. The third-order valence-electron chi connectivity index (χ3n) is 3.42. The molecule has 1 saturated carbocycles. The number of sulfonamides is 1. The topological polar surface area (TPSA) is 66.5 Å². The van der Waals surface area contributed by atoms with Crippen LogP contribution in [-0.4, -0.2) is 44.6 Å². The summed E-state index contributed by atoms with van der Waals surface area (Å²) in [7, 11) is -3.17. The van der Waals surface area contributed by atoms with Crippen molar-refractivity contribution >= 4 is 15.9 Å². The molecule has 1 aliphatic carbocycles. The maximum absolute atomic E-state index is 12.0. The molecule has 2 aliphatic rings. The van der Waals surface area contributed by atoms with Gasteiger partial charge in [0.05, 0.1) is 6.26 Å². The molecule has 0 spiro atoms. The number of amides is 1. The summed E-state index contributed by atoms with van der Waals surface area (Å²) in [4.78, 5) is 13.9. The number of nitrogens with zero attached hydrogens (tertiary/aromatic N) is 1. The summed E-state index contributed by atoms with van der Waals surface area (Å²) >= 11 is 0. The van der Waals surface area contributed by atoms with Crippen LogP contribution in [0.3, 0.4) is 0 Å². The summed E-state index contributed by atoms with van der Waals surface area (Å²) in [5.41, 5.74) is 0. The van der Waals surface area contributed by atoms with Crippen LogP contribution >= 0.6 is 0 Å². The fourth-order valence-electron chi connectivity index (χ4n) is 2.32. The zero-order valence-corrected chi connectivity index (χ0v) is 11.0. The first-order valence-corrected chi connectivity index (χ1v) is 8.11. The van der Waals surface area contributed by atoms with Gasteiger partial charge in [0.25, 0.3) is 0 Å². The SMILES string of the molecule is CS(=O)(=O)NC[C@H]1CCCCN1C(=O)C1CC1. The van der Waals surface area contributed by atoms with Crippen molar-refractivity contribution in [3.05, 3.63) is 0 Å². The first-order valence-electron chi connectivity index (χ1n) is 6.22. The van der Waals surface area contributed by atoms with Crippen molar-refractivity contribution in [2.45, 2.75) is 38.1 Å². The number of nitrogens with one attached hydrogen (secondary N) is 1. The number of rotatable bonds is 4. The van der Waals surface area contributed by atoms with Gasteiger partial charge in [-0.1, -0.05) is 0 Å². The molecule has 1 aliphatic heterocycles. The minimum absolute atomic E-state index is 0.0478. The fraction of sp³-hybridized carbons (Fsp3) is 0.909. The minimum Gasteiger partial charge on any atom is -0.338 e. The van der Waals surface area contributed by atoms with Crippen LogP contribution < -0.4 is 4.72 Å². The van der Waals surface area contributed by atoms with Crippen molar-refractivity contribution < 1.29 is 13.2 Å². The van der Waals surface area contributed by atoms with E-state index in [4.69, 9.17) is 0 Å². The minimum atomic E-state index is -3.17. The Morgan fingerprint density at radius 3 is 2.59 bits per heavy atom. The van der Waals surface area contributed by atoms with Crippen molar-refractivity contribution in [2.24, 2.45) is 5.92 Å². The van der Waals surface area contributed by atoms with Gasteiger partial charge in [0.1, 0.15) is 0 Å². The third-order valence-corrected chi connectivity index (χ3v) is 4.11. The lowest BCUT2D eigenvalue weighted by atomic mass is 10.0. The number of hydrogen-bond donors (Lipinski definition) is 1. The van der Waals surface area contributed by atoms with E-state index in [0.717, 1.165) is 44.9 Å².